The molecule has 0 aromatic heterocycles. The maximum absolute atomic E-state index is 12.4. The van der Waals surface area contributed by atoms with Gasteiger partial charge in [-0.1, -0.05) is 29.3 Å². The summed E-state index contributed by atoms with van der Waals surface area (Å²) in [6, 6.07) is 12.0. The number of likely N-dealkylation sites (N-methyl/N-ethyl adjacent to an activating group) is 1. The Hall–Kier alpha value is -1.08. The number of benzene rings is 2. The van der Waals surface area contributed by atoms with Gasteiger partial charge < -0.3 is 4.74 Å². The van der Waals surface area contributed by atoms with Crippen molar-refractivity contribution in [2.24, 2.45) is 0 Å². The van der Waals surface area contributed by atoms with Crippen molar-refractivity contribution >= 4 is 37.6 Å². The number of rotatable bonds is 6. The summed E-state index contributed by atoms with van der Waals surface area (Å²) in [7, 11) is -1.97. The standard InChI is InChI=1S/C16H17BrClNO3S/c1-12-3-6-14(7-4-12)23(20,21)19(2)9-10-22-16-8-5-13(18)11-15(16)17/h3-8,11H,9-10H2,1-2H3. The Morgan fingerprint density at radius 1 is 1.17 bits per heavy atom. The third-order valence-corrected chi connectivity index (χ3v) is 6.01. The van der Waals surface area contributed by atoms with E-state index in [0.717, 1.165) is 10.0 Å². The molecule has 0 atom stereocenters. The van der Waals surface area contributed by atoms with Crippen LogP contribution in [0.25, 0.3) is 0 Å². The second-order valence-electron chi connectivity index (χ2n) is 5.06. The number of halogens is 2. The van der Waals surface area contributed by atoms with Crippen molar-refractivity contribution in [3.63, 3.8) is 0 Å². The van der Waals surface area contributed by atoms with E-state index >= 15 is 0 Å². The van der Waals surface area contributed by atoms with E-state index in [2.05, 4.69) is 15.9 Å². The second-order valence-corrected chi connectivity index (χ2v) is 8.40. The molecule has 124 valence electrons. The molecule has 0 aliphatic heterocycles. The van der Waals surface area contributed by atoms with Gasteiger partial charge in [-0.25, -0.2) is 8.42 Å². The molecule has 0 saturated heterocycles. The monoisotopic (exact) mass is 417 g/mol. The number of ether oxygens (including phenoxy) is 1. The molecule has 23 heavy (non-hydrogen) atoms. The van der Waals surface area contributed by atoms with Crippen molar-refractivity contribution in [3.8, 4) is 5.75 Å². The SMILES string of the molecule is Cc1ccc(S(=O)(=O)N(C)CCOc2ccc(Cl)cc2Br)cc1. The highest BCUT2D eigenvalue weighted by atomic mass is 79.9. The van der Waals surface area contributed by atoms with Crippen LogP contribution in [-0.4, -0.2) is 32.9 Å². The van der Waals surface area contributed by atoms with Crippen molar-refractivity contribution in [1.29, 1.82) is 0 Å². The molecule has 2 aromatic carbocycles. The van der Waals surface area contributed by atoms with E-state index in [1.54, 1.807) is 42.5 Å². The molecule has 2 rings (SSSR count). The largest absolute Gasteiger partial charge is 0.491 e. The van der Waals surface area contributed by atoms with E-state index in [0.29, 0.717) is 10.8 Å². The van der Waals surface area contributed by atoms with Crippen molar-refractivity contribution in [2.45, 2.75) is 11.8 Å². The van der Waals surface area contributed by atoms with Gasteiger partial charge in [-0.2, -0.15) is 4.31 Å². The summed E-state index contributed by atoms with van der Waals surface area (Å²) >= 11 is 9.22. The molecule has 0 bridgehead atoms. The van der Waals surface area contributed by atoms with Crippen LogP contribution in [0.4, 0.5) is 0 Å². The number of hydrogen-bond acceptors (Lipinski definition) is 3. The van der Waals surface area contributed by atoms with Crippen molar-refractivity contribution < 1.29 is 13.2 Å². The summed E-state index contributed by atoms with van der Waals surface area (Å²) in [4.78, 5) is 0.276. The number of hydrogen-bond donors (Lipinski definition) is 0. The minimum absolute atomic E-state index is 0.238. The smallest absolute Gasteiger partial charge is 0.242 e. The van der Waals surface area contributed by atoms with Gasteiger partial charge in [0.05, 0.1) is 9.37 Å². The van der Waals surface area contributed by atoms with Crippen LogP contribution in [0, 0.1) is 6.92 Å². The molecule has 0 unspecified atom stereocenters. The summed E-state index contributed by atoms with van der Waals surface area (Å²) in [5, 5.41) is 0.600. The fraction of sp³-hybridized carbons (Fsp3) is 0.250. The van der Waals surface area contributed by atoms with E-state index in [9.17, 15) is 8.42 Å². The minimum atomic E-state index is -3.51. The highest BCUT2D eigenvalue weighted by molar-refractivity contribution is 9.10. The predicted octanol–water partition coefficient (Wildman–Crippen LogP) is 4.11. The average Bonchev–Trinajstić information content (AvgIpc) is 2.49. The van der Waals surface area contributed by atoms with Crippen molar-refractivity contribution in [1.82, 2.24) is 4.31 Å². The van der Waals surface area contributed by atoms with Crippen LogP contribution in [0.5, 0.6) is 5.75 Å². The lowest BCUT2D eigenvalue weighted by molar-refractivity contribution is 0.285. The molecule has 0 heterocycles. The van der Waals surface area contributed by atoms with E-state index in [1.807, 2.05) is 6.92 Å². The van der Waals surface area contributed by atoms with E-state index in [-0.39, 0.29) is 18.0 Å². The number of nitrogens with zero attached hydrogens (tertiary/aromatic N) is 1. The van der Waals surface area contributed by atoms with Gasteiger partial charge in [0.15, 0.2) is 0 Å². The normalized spacial score (nSPS) is 11.7. The van der Waals surface area contributed by atoms with Crippen LogP contribution >= 0.6 is 27.5 Å². The summed E-state index contributed by atoms with van der Waals surface area (Å²) in [5.74, 6) is 0.621. The lowest BCUT2D eigenvalue weighted by Gasteiger charge is -2.18. The van der Waals surface area contributed by atoms with Gasteiger partial charge in [0, 0.05) is 18.6 Å². The summed E-state index contributed by atoms with van der Waals surface area (Å²) in [6.45, 7) is 2.39. The summed E-state index contributed by atoms with van der Waals surface area (Å²) in [6.07, 6.45) is 0. The maximum atomic E-state index is 12.4. The Morgan fingerprint density at radius 3 is 2.43 bits per heavy atom. The molecular weight excluding hydrogens is 402 g/mol. The van der Waals surface area contributed by atoms with Crippen LogP contribution in [0.1, 0.15) is 5.56 Å². The molecule has 0 fully saturated rings. The molecule has 0 N–H and O–H groups in total. The molecule has 4 nitrogen and oxygen atoms in total. The molecule has 0 saturated carbocycles. The third-order valence-electron chi connectivity index (χ3n) is 3.29. The van der Waals surface area contributed by atoms with Gasteiger partial charge in [0.1, 0.15) is 12.4 Å². The van der Waals surface area contributed by atoms with Gasteiger partial charge in [-0.15, -0.1) is 0 Å². The molecule has 2 aromatic rings. The Labute approximate surface area is 150 Å². The molecule has 0 aliphatic rings. The van der Waals surface area contributed by atoms with Gasteiger partial charge >= 0.3 is 0 Å². The Bertz CT molecular complexity index is 778. The van der Waals surface area contributed by atoms with Gasteiger partial charge in [-0.05, 0) is 53.2 Å². The Balaban J connectivity index is 1.98. The Kier molecular flexibility index (Phi) is 6.08. The molecule has 7 heteroatoms. The first kappa shape index (κ1) is 18.3. The first-order valence-electron chi connectivity index (χ1n) is 6.91. The highest BCUT2D eigenvalue weighted by Gasteiger charge is 2.20. The predicted molar refractivity (Wildman–Crippen MR) is 95.6 cm³/mol. The van der Waals surface area contributed by atoms with Crippen LogP contribution in [0.15, 0.2) is 51.8 Å². The lowest BCUT2D eigenvalue weighted by Crippen LogP contribution is -2.31. The fourth-order valence-electron chi connectivity index (χ4n) is 1.89. The van der Waals surface area contributed by atoms with Gasteiger partial charge in [-0.3, -0.25) is 0 Å². The lowest BCUT2D eigenvalue weighted by atomic mass is 10.2. The van der Waals surface area contributed by atoms with Crippen LogP contribution in [0.3, 0.4) is 0 Å². The van der Waals surface area contributed by atoms with E-state index in [1.165, 1.54) is 11.4 Å². The minimum Gasteiger partial charge on any atom is -0.491 e. The number of aryl methyl sites for hydroxylation is 1. The highest BCUT2D eigenvalue weighted by Crippen LogP contribution is 2.28. The first-order chi connectivity index (χ1) is 10.8. The molecule has 0 aliphatic carbocycles. The van der Waals surface area contributed by atoms with Crippen LogP contribution < -0.4 is 4.74 Å². The third kappa shape index (κ3) is 4.70. The van der Waals surface area contributed by atoms with Gasteiger partial charge in [0.2, 0.25) is 10.0 Å². The molecule has 0 spiro atoms. The van der Waals surface area contributed by atoms with Crippen molar-refractivity contribution in [3.05, 3.63) is 57.5 Å². The zero-order valence-electron chi connectivity index (χ0n) is 12.8. The molecule has 0 radical (unpaired) electrons. The summed E-state index contributed by atoms with van der Waals surface area (Å²) in [5.41, 5.74) is 1.02. The zero-order chi connectivity index (χ0) is 17.0. The summed E-state index contributed by atoms with van der Waals surface area (Å²) < 4.78 is 32.5. The Morgan fingerprint density at radius 2 is 1.83 bits per heavy atom. The van der Waals surface area contributed by atoms with E-state index < -0.39 is 10.0 Å². The number of sulfonamides is 1. The second kappa shape index (κ2) is 7.66. The average molecular weight is 419 g/mol. The molecule has 0 amide bonds. The molecular formula is C16H17BrClNO3S. The fourth-order valence-corrected chi connectivity index (χ4v) is 3.84. The van der Waals surface area contributed by atoms with Crippen LogP contribution in [0.2, 0.25) is 5.02 Å². The first-order valence-corrected chi connectivity index (χ1v) is 9.52. The quantitative estimate of drug-likeness (QED) is 0.709. The zero-order valence-corrected chi connectivity index (χ0v) is 16.0. The van der Waals surface area contributed by atoms with E-state index in [4.69, 9.17) is 16.3 Å². The van der Waals surface area contributed by atoms with Crippen molar-refractivity contribution in [2.75, 3.05) is 20.2 Å². The maximum Gasteiger partial charge on any atom is 0.242 e. The van der Waals surface area contributed by atoms with Crippen LogP contribution in [-0.2, 0) is 10.0 Å². The topological polar surface area (TPSA) is 46.6 Å². The van der Waals surface area contributed by atoms with Gasteiger partial charge in [0.25, 0.3) is 0 Å².